The van der Waals surface area contributed by atoms with Gasteiger partial charge in [-0.25, -0.2) is 14.4 Å². The van der Waals surface area contributed by atoms with E-state index >= 15 is 0 Å². The van der Waals surface area contributed by atoms with Gasteiger partial charge in [-0.15, -0.1) is 13.2 Å². The molecule has 0 radical (unpaired) electrons. The van der Waals surface area contributed by atoms with Crippen molar-refractivity contribution in [1.82, 2.24) is 9.97 Å². The summed E-state index contributed by atoms with van der Waals surface area (Å²) in [5, 5.41) is 2.67. The summed E-state index contributed by atoms with van der Waals surface area (Å²) in [5.74, 6) is -1.22. The highest BCUT2D eigenvalue weighted by Gasteiger charge is 2.32. The average Bonchev–Trinajstić information content (AvgIpc) is 2.99. The SMILES string of the molecule is CC1(C)N=Cc2cc(-c3nc(Nc4cc(Br)ccc4OC(F)(F)F)ncc3F)ccc21. The Morgan fingerprint density at radius 3 is 2.61 bits per heavy atom. The summed E-state index contributed by atoms with van der Waals surface area (Å²) in [5.41, 5.74) is 1.96. The molecule has 31 heavy (non-hydrogen) atoms. The maximum Gasteiger partial charge on any atom is 0.573 e. The first-order chi connectivity index (χ1) is 14.5. The summed E-state index contributed by atoms with van der Waals surface area (Å²) in [6.45, 7) is 3.95. The molecule has 1 aliphatic heterocycles. The number of rotatable bonds is 4. The molecule has 0 bridgehead atoms. The first kappa shape index (κ1) is 21.2. The van der Waals surface area contributed by atoms with Crippen LogP contribution in [-0.2, 0) is 5.54 Å². The van der Waals surface area contributed by atoms with E-state index in [-0.39, 0.29) is 22.9 Å². The predicted molar refractivity (Wildman–Crippen MR) is 112 cm³/mol. The van der Waals surface area contributed by atoms with Gasteiger partial charge in [-0.3, -0.25) is 4.99 Å². The highest BCUT2D eigenvalue weighted by atomic mass is 79.9. The Kier molecular flexibility index (Phi) is 5.20. The van der Waals surface area contributed by atoms with Crippen LogP contribution < -0.4 is 10.1 Å². The lowest BCUT2D eigenvalue weighted by Crippen LogP contribution is -2.18. The fourth-order valence-corrected chi connectivity index (χ4v) is 3.60. The molecule has 10 heteroatoms. The molecule has 2 aromatic carbocycles. The monoisotopic (exact) mass is 494 g/mol. The standard InChI is InChI=1S/C21H15BrF4N4O/c1-20(2)14-5-3-11(7-12(14)9-28-20)18-15(23)10-27-19(30-18)29-16-8-13(22)4-6-17(16)31-21(24,25)26/h3-10H,1-2H3,(H,27,29,30). The molecule has 1 aromatic heterocycles. The number of anilines is 2. The minimum absolute atomic E-state index is 0.00620. The molecule has 1 N–H and O–H groups in total. The zero-order valence-corrected chi connectivity index (χ0v) is 17.8. The van der Waals surface area contributed by atoms with Crippen LogP contribution in [0, 0.1) is 5.82 Å². The highest BCUT2D eigenvalue weighted by Crippen LogP contribution is 2.36. The van der Waals surface area contributed by atoms with E-state index in [1.807, 2.05) is 19.9 Å². The number of halogens is 5. The summed E-state index contributed by atoms with van der Waals surface area (Å²) >= 11 is 3.20. The van der Waals surface area contributed by atoms with Crippen molar-refractivity contribution in [3.63, 3.8) is 0 Å². The number of benzene rings is 2. The second kappa shape index (κ2) is 7.60. The number of alkyl halides is 3. The number of nitrogens with zero attached hydrogens (tertiary/aromatic N) is 3. The molecule has 0 saturated heterocycles. The maximum atomic E-state index is 14.5. The molecule has 0 spiro atoms. The van der Waals surface area contributed by atoms with Crippen molar-refractivity contribution in [2.75, 3.05) is 5.32 Å². The van der Waals surface area contributed by atoms with Gasteiger partial charge in [0.1, 0.15) is 5.69 Å². The van der Waals surface area contributed by atoms with Crippen molar-refractivity contribution >= 4 is 33.8 Å². The van der Waals surface area contributed by atoms with E-state index in [1.165, 1.54) is 12.1 Å². The van der Waals surface area contributed by atoms with Gasteiger partial charge in [-0.2, -0.15) is 0 Å². The van der Waals surface area contributed by atoms with E-state index in [2.05, 4.69) is 40.9 Å². The number of nitrogens with one attached hydrogen (secondary N) is 1. The van der Waals surface area contributed by atoms with Crippen LogP contribution in [0.3, 0.4) is 0 Å². The van der Waals surface area contributed by atoms with Gasteiger partial charge in [0.15, 0.2) is 11.6 Å². The molecule has 5 nitrogen and oxygen atoms in total. The summed E-state index contributed by atoms with van der Waals surface area (Å²) in [6, 6.07) is 9.27. The number of ether oxygens (including phenoxy) is 1. The van der Waals surface area contributed by atoms with Crippen LogP contribution >= 0.6 is 15.9 Å². The van der Waals surface area contributed by atoms with Crippen LogP contribution in [0.2, 0.25) is 0 Å². The maximum absolute atomic E-state index is 14.5. The topological polar surface area (TPSA) is 59.4 Å². The lowest BCUT2D eigenvalue weighted by atomic mass is 9.92. The summed E-state index contributed by atoms with van der Waals surface area (Å²) in [7, 11) is 0. The van der Waals surface area contributed by atoms with Gasteiger partial charge >= 0.3 is 6.36 Å². The number of hydrogen-bond donors (Lipinski definition) is 1. The molecule has 0 fully saturated rings. The van der Waals surface area contributed by atoms with Gasteiger partial charge in [0, 0.05) is 16.3 Å². The van der Waals surface area contributed by atoms with Gasteiger partial charge in [0.05, 0.1) is 17.4 Å². The van der Waals surface area contributed by atoms with Crippen LogP contribution in [0.25, 0.3) is 11.3 Å². The average molecular weight is 495 g/mol. The van der Waals surface area contributed by atoms with Crippen LogP contribution in [0.5, 0.6) is 5.75 Å². The van der Waals surface area contributed by atoms with Gasteiger partial charge in [0.2, 0.25) is 5.95 Å². The number of hydrogen-bond acceptors (Lipinski definition) is 5. The van der Waals surface area contributed by atoms with E-state index in [1.54, 1.807) is 18.3 Å². The van der Waals surface area contributed by atoms with Crippen LogP contribution in [0.1, 0.15) is 25.0 Å². The second-order valence-corrected chi connectivity index (χ2v) is 8.24. The fraction of sp³-hybridized carbons (Fsp3) is 0.190. The Morgan fingerprint density at radius 2 is 1.87 bits per heavy atom. The van der Waals surface area contributed by atoms with Crippen molar-refractivity contribution in [1.29, 1.82) is 0 Å². The molecule has 0 aliphatic carbocycles. The van der Waals surface area contributed by atoms with Crippen molar-refractivity contribution < 1.29 is 22.3 Å². The molecule has 0 unspecified atom stereocenters. The minimum atomic E-state index is -4.88. The zero-order valence-electron chi connectivity index (χ0n) is 16.3. The third-order valence-electron chi connectivity index (χ3n) is 4.67. The van der Waals surface area contributed by atoms with E-state index in [4.69, 9.17) is 0 Å². The molecule has 0 atom stereocenters. The Morgan fingerprint density at radius 1 is 1.10 bits per heavy atom. The van der Waals surface area contributed by atoms with Crippen LogP contribution in [0.15, 0.2) is 52.1 Å². The molecule has 4 rings (SSSR count). The van der Waals surface area contributed by atoms with Crippen molar-refractivity contribution in [3.05, 3.63) is 64.0 Å². The number of aromatic nitrogens is 2. The Labute approximate surface area is 183 Å². The molecule has 2 heterocycles. The molecular weight excluding hydrogens is 480 g/mol. The number of fused-ring (bicyclic) bond motifs is 1. The highest BCUT2D eigenvalue weighted by molar-refractivity contribution is 9.10. The quantitative estimate of drug-likeness (QED) is 0.429. The normalized spacial score (nSPS) is 14.4. The smallest absolute Gasteiger partial charge is 0.404 e. The first-order valence-electron chi connectivity index (χ1n) is 9.07. The second-order valence-electron chi connectivity index (χ2n) is 7.32. The molecule has 1 aliphatic rings. The number of aliphatic imine (C=N–C) groups is 1. The van der Waals surface area contributed by atoms with E-state index in [0.29, 0.717) is 10.0 Å². The summed E-state index contributed by atoms with van der Waals surface area (Å²) in [6.07, 6.45) is -2.20. The predicted octanol–water partition coefficient (Wildman–Crippen LogP) is 6.36. The van der Waals surface area contributed by atoms with Crippen molar-refractivity contribution in [2.45, 2.75) is 25.7 Å². The van der Waals surface area contributed by atoms with Crippen LogP contribution in [-0.4, -0.2) is 22.5 Å². The third kappa shape index (κ3) is 4.53. The molecule has 0 amide bonds. The summed E-state index contributed by atoms with van der Waals surface area (Å²) < 4.78 is 57.2. The molecule has 3 aromatic rings. The van der Waals surface area contributed by atoms with Gasteiger partial charge in [-0.1, -0.05) is 28.1 Å². The van der Waals surface area contributed by atoms with Crippen molar-refractivity contribution in [2.24, 2.45) is 4.99 Å². The van der Waals surface area contributed by atoms with Crippen molar-refractivity contribution in [3.8, 4) is 17.0 Å². The third-order valence-corrected chi connectivity index (χ3v) is 5.16. The molecule has 160 valence electrons. The molecule has 0 saturated carbocycles. The van der Waals surface area contributed by atoms with E-state index in [0.717, 1.165) is 23.4 Å². The van der Waals surface area contributed by atoms with E-state index in [9.17, 15) is 17.6 Å². The lowest BCUT2D eigenvalue weighted by Gasteiger charge is -2.17. The van der Waals surface area contributed by atoms with Gasteiger partial charge < -0.3 is 10.1 Å². The van der Waals surface area contributed by atoms with Gasteiger partial charge in [-0.05, 0) is 49.2 Å². The lowest BCUT2D eigenvalue weighted by molar-refractivity contribution is -0.274. The Balaban J connectivity index is 1.69. The van der Waals surface area contributed by atoms with E-state index < -0.39 is 17.9 Å². The van der Waals surface area contributed by atoms with Gasteiger partial charge in [0.25, 0.3) is 0 Å². The Bertz CT molecular complexity index is 1190. The summed E-state index contributed by atoms with van der Waals surface area (Å²) in [4.78, 5) is 12.5. The fourth-order valence-electron chi connectivity index (χ4n) is 3.24. The minimum Gasteiger partial charge on any atom is -0.404 e. The first-order valence-corrected chi connectivity index (χ1v) is 9.86. The largest absolute Gasteiger partial charge is 0.573 e. The Hall–Kier alpha value is -3.01. The molecular formula is C21H15BrF4N4O. The zero-order chi connectivity index (χ0) is 22.4. The van der Waals surface area contributed by atoms with Crippen LogP contribution in [0.4, 0.5) is 29.2 Å².